The number of unbranched alkanes of at least 4 members (excludes halogenated alkanes) is 2. The Balaban J connectivity index is 1.26. The van der Waals surface area contributed by atoms with Crippen LogP contribution in [0.1, 0.15) is 67.5 Å². The van der Waals surface area contributed by atoms with Gasteiger partial charge in [0.15, 0.2) is 0 Å². The van der Waals surface area contributed by atoms with E-state index in [9.17, 15) is 13.2 Å². The van der Waals surface area contributed by atoms with Gasteiger partial charge in [0.25, 0.3) is 0 Å². The quantitative estimate of drug-likeness (QED) is 0.308. The van der Waals surface area contributed by atoms with Crippen LogP contribution < -0.4 is 4.90 Å². The van der Waals surface area contributed by atoms with Gasteiger partial charge in [0, 0.05) is 38.3 Å². The SMILES string of the molecule is O=C(O)CCCCCN1CCCc2cc(/C=C/c3nc4ccc(S(=O)(=O)N5CCCCC5)cc4s3)ccc21. The first-order chi connectivity index (χ1) is 18.4. The van der Waals surface area contributed by atoms with Crippen LogP contribution in [0, 0.1) is 0 Å². The van der Waals surface area contributed by atoms with Crippen molar-refractivity contribution >= 4 is 55.4 Å². The second-order valence-corrected chi connectivity index (χ2v) is 13.2. The van der Waals surface area contributed by atoms with Crippen molar-refractivity contribution in [3.8, 4) is 0 Å². The minimum absolute atomic E-state index is 0.250. The number of fused-ring (bicyclic) bond motifs is 2. The van der Waals surface area contributed by atoms with Gasteiger partial charge in [0.1, 0.15) is 5.01 Å². The van der Waals surface area contributed by atoms with Gasteiger partial charge in [-0.05, 0) is 86.1 Å². The number of benzene rings is 2. The number of nitrogens with zero attached hydrogens (tertiary/aromatic N) is 3. The van der Waals surface area contributed by atoms with Gasteiger partial charge < -0.3 is 10.0 Å². The number of thiazole rings is 1. The van der Waals surface area contributed by atoms with E-state index >= 15 is 0 Å². The fourth-order valence-electron chi connectivity index (χ4n) is 5.36. The molecule has 7 nitrogen and oxygen atoms in total. The van der Waals surface area contributed by atoms with E-state index < -0.39 is 16.0 Å². The van der Waals surface area contributed by atoms with E-state index in [0.29, 0.717) is 18.0 Å². The van der Waals surface area contributed by atoms with Gasteiger partial charge in [-0.1, -0.05) is 25.0 Å². The van der Waals surface area contributed by atoms with Crippen LogP contribution in [0.25, 0.3) is 22.4 Å². The molecule has 2 aromatic carbocycles. The largest absolute Gasteiger partial charge is 0.481 e. The van der Waals surface area contributed by atoms with E-state index in [1.165, 1.54) is 22.6 Å². The van der Waals surface area contributed by atoms with Crippen molar-refractivity contribution in [3.63, 3.8) is 0 Å². The molecule has 0 unspecified atom stereocenters. The first-order valence-corrected chi connectivity index (χ1v) is 15.8. The summed E-state index contributed by atoms with van der Waals surface area (Å²) in [5.41, 5.74) is 4.58. The number of piperidine rings is 1. The van der Waals surface area contributed by atoms with E-state index in [4.69, 9.17) is 10.1 Å². The topological polar surface area (TPSA) is 90.8 Å². The summed E-state index contributed by atoms with van der Waals surface area (Å²) in [6.45, 7) is 3.20. The zero-order valence-electron chi connectivity index (χ0n) is 21.6. The molecule has 3 heterocycles. The van der Waals surface area contributed by atoms with Gasteiger partial charge in [-0.2, -0.15) is 4.31 Å². The fourth-order valence-corrected chi connectivity index (χ4v) is 7.89. The first-order valence-electron chi connectivity index (χ1n) is 13.6. The van der Waals surface area contributed by atoms with Crippen molar-refractivity contribution in [1.29, 1.82) is 0 Å². The second-order valence-electron chi connectivity index (χ2n) is 10.2. The molecule has 38 heavy (non-hydrogen) atoms. The van der Waals surface area contributed by atoms with Crippen molar-refractivity contribution in [2.75, 3.05) is 31.1 Å². The summed E-state index contributed by atoms with van der Waals surface area (Å²) in [4.78, 5) is 18.2. The van der Waals surface area contributed by atoms with Crippen molar-refractivity contribution in [2.45, 2.75) is 62.7 Å². The molecule has 2 aliphatic rings. The van der Waals surface area contributed by atoms with E-state index in [1.54, 1.807) is 16.4 Å². The monoisotopic (exact) mass is 553 g/mol. The summed E-state index contributed by atoms with van der Waals surface area (Å²) in [7, 11) is -3.46. The van der Waals surface area contributed by atoms with E-state index in [0.717, 1.165) is 85.2 Å². The lowest BCUT2D eigenvalue weighted by atomic mass is 9.98. The molecule has 5 rings (SSSR count). The van der Waals surface area contributed by atoms with Crippen LogP contribution >= 0.6 is 11.3 Å². The smallest absolute Gasteiger partial charge is 0.303 e. The Kier molecular flexibility index (Phi) is 8.45. The molecule has 9 heteroatoms. The van der Waals surface area contributed by atoms with Gasteiger partial charge in [-0.15, -0.1) is 11.3 Å². The third-order valence-corrected chi connectivity index (χ3v) is 10.3. The predicted molar refractivity (Wildman–Crippen MR) is 154 cm³/mol. The molecule has 0 atom stereocenters. The lowest BCUT2D eigenvalue weighted by molar-refractivity contribution is -0.137. The minimum Gasteiger partial charge on any atom is -0.481 e. The molecule has 1 aromatic heterocycles. The van der Waals surface area contributed by atoms with Crippen molar-refractivity contribution in [2.24, 2.45) is 0 Å². The molecule has 1 N–H and O–H groups in total. The number of carboxylic acids is 1. The van der Waals surface area contributed by atoms with Crippen molar-refractivity contribution in [1.82, 2.24) is 9.29 Å². The van der Waals surface area contributed by atoms with Crippen LogP contribution in [0.5, 0.6) is 0 Å². The summed E-state index contributed by atoms with van der Waals surface area (Å²) >= 11 is 1.51. The van der Waals surface area contributed by atoms with E-state index in [1.807, 2.05) is 12.1 Å². The zero-order chi connectivity index (χ0) is 26.5. The average Bonchev–Trinajstić information content (AvgIpc) is 3.34. The van der Waals surface area contributed by atoms with Crippen LogP contribution in [0.4, 0.5) is 5.69 Å². The number of anilines is 1. The Morgan fingerprint density at radius 1 is 0.974 bits per heavy atom. The zero-order valence-corrected chi connectivity index (χ0v) is 23.3. The fraction of sp³-hybridized carbons (Fsp3) is 0.448. The van der Waals surface area contributed by atoms with E-state index in [-0.39, 0.29) is 6.42 Å². The number of aryl methyl sites for hydroxylation is 1. The molecule has 0 radical (unpaired) electrons. The molecule has 0 bridgehead atoms. The number of rotatable bonds is 10. The molecular formula is C29H35N3O4S2. The number of carboxylic acid groups (broad SMARTS) is 1. The van der Waals surface area contributed by atoms with Crippen molar-refractivity contribution < 1.29 is 18.3 Å². The highest BCUT2D eigenvalue weighted by atomic mass is 32.2. The molecule has 0 spiro atoms. The number of carbonyl (C=O) groups is 1. The van der Waals surface area contributed by atoms with Crippen LogP contribution in [0.2, 0.25) is 0 Å². The molecule has 0 aliphatic carbocycles. The molecule has 202 valence electrons. The maximum Gasteiger partial charge on any atom is 0.303 e. The van der Waals surface area contributed by atoms with Gasteiger partial charge in [-0.3, -0.25) is 4.79 Å². The van der Waals surface area contributed by atoms with E-state index in [2.05, 4.69) is 29.2 Å². The lowest BCUT2D eigenvalue weighted by Crippen LogP contribution is -2.35. The van der Waals surface area contributed by atoms with Crippen molar-refractivity contribution in [3.05, 3.63) is 52.5 Å². The lowest BCUT2D eigenvalue weighted by Gasteiger charge is -2.31. The number of sulfonamides is 1. The Hall–Kier alpha value is -2.75. The standard InChI is InChI=1S/C29H35N3O4S2/c33-29(34)9-3-1-4-16-31-17-7-8-23-20-22(10-14-26(23)31)11-15-28-30-25-13-12-24(21-27(25)37-28)38(35,36)32-18-5-2-6-19-32/h10-15,20-21H,1-9,16-19H2,(H,33,34)/b15-11+. The summed E-state index contributed by atoms with van der Waals surface area (Å²) in [6, 6.07) is 11.8. The normalized spacial score (nSPS) is 16.8. The summed E-state index contributed by atoms with van der Waals surface area (Å²) in [5, 5.41) is 9.67. The third-order valence-electron chi connectivity index (χ3n) is 7.38. The molecule has 2 aliphatic heterocycles. The molecular weight excluding hydrogens is 518 g/mol. The Labute approximate surface area is 228 Å². The maximum absolute atomic E-state index is 13.1. The number of aromatic nitrogens is 1. The average molecular weight is 554 g/mol. The summed E-state index contributed by atoms with van der Waals surface area (Å²) < 4.78 is 28.6. The van der Waals surface area contributed by atoms with Gasteiger partial charge >= 0.3 is 5.97 Å². The van der Waals surface area contributed by atoms with Crippen LogP contribution in [-0.2, 0) is 21.2 Å². The van der Waals surface area contributed by atoms with Crippen LogP contribution in [-0.4, -0.2) is 55.0 Å². The highest BCUT2D eigenvalue weighted by molar-refractivity contribution is 7.89. The number of hydrogen-bond donors (Lipinski definition) is 1. The first kappa shape index (κ1) is 26.8. The van der Waals surface area contributed by atoms with Gasteiger partial charge in [0.05, 0.1) is 15.1 Å². The third kappa shape index (κ3) is 6.27. The number of aliphatic carboxylic acids is 1. The minimum atomic E-state index is -3.46. The number of hydrogen-bond acceptors (Lipinski definition) is 6. The molecule has 0 saturated carbocycles. The summed E-state index contributed by atoms with van der Waals surface area (Å²) in [5.74, 6) is -0.717. The molecule has 0 amide bonds. The van der Waals surface area contributed by atoms with Crippen LogP contribution in [0.3, 0.4) is 0 Å². The Bertz CT molecular complexity index is 1420. The van der Waals surface area contributed by atoms with Gasteiger partial charge in [0.2, 0.25) is 10.0 Å². The Morgan fingerprint density at radius 2 is 1.82 bits per heavy atom. The molecule has 1 fully saturated rings. The molecule has 1 saturated heterocycles. The highest BCUT2D eigenvalue weighted by Crippen LogP contribution is 2.31. The van der Waals surface area contributed by atoms with Crippen LogP contribution in [0.15, 0.2) is 41.3 Å². The summed E-state index contributed by atoms with van der Waals surface area (Å²) in [6.07, 6.45) is 12.1. The molecule has 3 aromatic rings. The maximum atomic E-state index is 13.1. The highest BCUT2D eigenvalue weighted by Gasteiger charge is 2.26. The Morgan fingerprint density at radius 3 is 2.63 bits per heavy atom. The predicted octanol–water partition coefficient (Wildman–Crippen LogP) is 6.04. The second kappa shape index (κ2) is 12.0. The van der Waals surface area contributed by atoms with Gasteiger partial charge in [-0.25, -0.2) is 13.4 Å².